The number of nitrogens with zero attached hydrogens (tertiary/aromatic N) is 5. The van der Waals surface area contributed by atoms with Gasteiger partial charge in [0.1, 0.15) is 12.4 Å². The lowest BCUT2D eigenvalue weighted by molar-refractivity contribution is -0.131. The Morgan fingerprint density at radius 3 is 2.44 bits per heavy atom. The molecule has 0 aliphatic carbocycles. The minimum absolute atomic E-state index is 0.0177. The highest BCUT2D eigenvalue weighted by Gasteiger charge is 2.25. The first-order valence-electron chi connectivity index (χ1n) is 13.1. The third kappa shape index (κ3) is 6.63. The molecule has 3 aromatic rings. The summed E-state index contributed by atoms with van der Waals surface area (Å²) in [5.41, 5.74) is 1.55. The number of methoxy groups -OCH3 is 2. The lowest BCUT2D eigenvalue weighted by atomic mass is 10.1. The normalized spacial score (nSPS) is 13.5. The molecular formula is C29H34FN5O4. The van der Waals surface area contributed by atoms with Crippen LogP contribution in [0.5, 0.6) is 11.5 Å². The molecule has 2 amide bonds. The van der Waals surface area contributed by atoms with E-state index in [0.717, 1.165) is 24.3 Å². The van der Waals surface area contributed by atoms with Crippen molar-refractivity contribution in [2.75, 3.05) is 58.4 Å². The van der Waals surface area contributed by atoms with E-state index in [1.807, 2.05) is 37.3 Å². The third-order valence-corrected chi connectivity index (χ3v) is 6.71. The Bertz CT molecular complexity index is 1290. The van der Waals surface area contributed by atoms with Gasteiger partial charge in [-0.25, -0.2) is 4.39 Å². The first kappa shape index (κ1) is 27.8. The average molecular weight is 536 g/mol. The average Bonchev–Trinajstić information content (AvgIpc) is 3.23. The fourth-order valence-electron chi connectivity index (χ4n) is 4.63. The lowest BCUT2D eigenvalue weighted by Crippen LogP contribution is -2.44. The van der Waals surface area contributed by atoms with Crippen LogP contribution in [-0.4, -0.2) is 85.3 Å². The number of benzene rings is 2. The van der Waals surface area contributed by atoms with Crippen LogP contribution < -0.4 is 14.4 Å². The van der Waals surface area contributed by atoms with Crippen LogP contribution in [0.2, 0.25) is 0 Å². The Kier molecular flexibility index (Phi) is 9.30. The van der Waals surface area contributed by atoms with E-state index in [4.69, 9.17) is 9.47 Å². The maximum atomic E-state index is 14.2. The molecule has 206 valence electrons. The summed E-state index contributed by atoms with van der Waals surface area (Å²) in [5, 5.41) is 8.85. The zero-order chi connectivity index (χ0) is 27.8. The monoisotopic (exact) mass is 535 g/mol. The first-order chi connectivity index (χ1) is 18.9. The Morgan fingerprint density at radius 1 is 0.949 bits per heavy atom. The minimum atomic E-state index is -0.584. The molecule has 0 spiro atoms. The maximum Gasteiger partial charge on any atom is 0.257 e. The summed E-state index contributed by atoms with van der Waals surface area (Å²) in [4.78, 5) is 31.4. The number of hydrogen-bond acceptors (Lipinski definition) is 7. The summed E-state index contributed by atoms with van der Waals surface area (Å²) in [6, 6.07) is 15.3. The second kappa shape index (κ2) is 13.0. The van der Waals surface area contributed by atoms with E-state index < -0.39 is 11.7 Å². The molecule has 0 N–H and O–H groups in total. The summed E-state index contributed by atoms with van der Waals surface area (Å²) < 4.78 is 24.9. The topological polar surface area (TPSA) is 88.1 Å². The van der Waals surface area contributed by atoms with Gasteiger partial charge < -0.3 is 24.2 Å². The van der Waals surface area contributed by atoms with Gasteiger partial charge in [-0.15, -0.1) is 10.2 Å². The smallest absolute Gasteiger partial charge is 0.257 e. The number of hydrogen-bond donors (Lipinski definition) is 0. The predicted molar refractivity (Wildman–Crippen MR) is 147 cm³/mol. The first-order valence-corrected chi connectivity index (χ1v) is 13.1. The van der Waals surface area contributed by atoms with E-state index in [1.165, 1.54) is 17.0 Å². The van der Waals surface area contributed by atoms with Crippen molar-refractivity contribution in [3.63, 3.8) is 0 Å². The Balaban J connectivity index is 1.39. The van der Waals surface area contributed by atoms with Gasteiger partial charge in [-0.2, -0.15) is 0 Å². The predicted octanol–water partition coefficient (Wildman–Crippen LogP) is 3.89. The van der Waals surface area contributed by atoms with Crippen LogP contribution in [0.25, 0.3) is 11.3 Å². The number of anilines is 1. The van der Waals surface area contributed by atoms with E-state index in [9.17, 15) is 14.0 Å². The summed E-state index contributed by atoms with van der Waals surface area (Å²) in [6.07, 6.45) is 1.42. The fourth-order valence-corrected chi connectivity index (χ4v) is 4.63. The van der Waals surface area contributed by atoms with Crippen molar-refractivity contribution >= 4 is 17.6 Å². The number of ether oxygens (including phenoxy) is 2. The van der Waals surface area contributed by atoms with Gasteiger partial charge >= 0.3 is 0 Å². The zero-order valence-corrected chi connectivity index (χ0v) is 22.6. The van der Waals surface area contributed by atoms with Gasteiger partial charge in [0.2, 0.25) is 5.91 Å². The van der Waals surface area contributed by atoms with Crippen LogP contribution in [-0.2, 0) is 4.79 Å². The molecule has 0 bridgehead atoms. The van der Waals surface area contributed by atoms with Gasteiger partial charge in [-0.1, -0.05) is 19.1 Å². The molecule has 39 heavy (non-hydrogen) atoms. The number of rotatable bonds is 9. The number of halogens is 1. The van der Waals surface area contributed by atoms with Crippen LogP contribution in [0.4, 0.5) is 10.2 Å². The minimum Gasteiger partial charge on any atom is -0.493 e. The van der Waals surface area contributed by atoms with Crippen molar-refractivity contribution in [2.24, 2.45) is 0 Å². The van der Waals surface area contributed by atoms with Crippen molar-refractivity contribution in [1.29, 1.82) is 0 Å². The van der Waals surface area contributed by atoms with E-state index in [1.54, 1.807) is 31.3 Å². The van der Waals surface area contributed by atoms with Gasteiger partial charge in [-0.3, -0.25) is 9.59 Å². The van der Waals surface area contributed by atoms with Crippen LogP contribution in [0.3, 0.4) is 0 Å². The molecule has 0 atom stereocenters. The molecular weight excluding hydrogens is 501 g/mol. The number of amides is 2. The molecule has 0 unspecified atom stereocenters. The lowest BCUT2D eigenvalue weighted by Gasteiger charge is -2.27. The van der Waals surface area contributed by atoms with Crippen molar-refractivity contribution in [3.05, 3.63) is 66.0 Å². The number of aromatic nitrogens is 2. The van der Waals surface area contributed by atoms with Gasteiger partial charge in [0.05, 0.1) is 25.5 Å². The molecule has 10 heteroatoms. The molecule has 1 aliphatic heterocycles. The van der Waals surface area contributed by atoms with Crippen molar-refractivity contribution < 1.29 is 23.5 Å². The highest BCUT2D eigenvalue weighted by atomic mass is 19.1. The third-order valence-electron chi connectivity index (χ3n) is 6.71. The van der Waals surface area contributed by atoms with E-state index in [2.05, 4.69) is 15.1 Å². The molecule has 1 aliphatic rings. The highest BCUT2D eigenvalue weighted by Crippen LogP contribution is 2.31. The van der Waals surface area contributed by atoms with Crippen molar-refractivity contribution in [3.8, 4) is 22.8 Å². The molecule has 9 nitrogen and oxygen atoms in total. The summed E-state index contributed by atoms with van der Waals surface area (Å²) in [5.74, 6) is 0.792. The largest absolute Gasteiger partial charge is 0.493 e. The van der Waals surface area contributed by atoms with Gasteiger partial charge in [0, 0.05) is 38.3 Å². The molecule has 0 radical (unpaired) electrons. The van der Waals surface area contributed by atoms with E-state index >= 15 is 0 Å². The van der Waals surface area contributed by atoms with E-state index in [-0.39, 0.29) is 18.0 Å². The fraction of sp³-hybridized carbons (Fsp3) is 0.379. The summed E-state index contributed by atoms with van der Waals surface area (Å²) >= 11 is 0. The maximum absolute atomic E-state index is 14.2. The van der Waals surface area contributed by atoms with Crippen LogP contribution in [0.1, 0.15) is 30.1 Å². The van der Waals surface area contributed by atoms with Gasteiger partial charge in [0.25, 0.3) is 5.91 Å². The molecule has 0 saturated carbocycles. The Morgan fingerprint density at radius 2 is 1.74 bits per heavy atom. The molecule has 2 heterocycles. The highest BCUT2D eigenvalue weighted by molar-refractivity contribution is 5.96. The van der Waals surface area contributed by atoms with Crippen LogP contribution in [0.15, 0.2) is 54.6 Å². The number of carbonyl (C=O) groups excluding carboxylic acids is 2. The van der Waals surface area contributed by atoms with Gasteiger partial charge in [0.15, 0.2) is 17.3 Å². The second-order valence-electron chi connectivity index (χ2n) is 9.27. The quantitative estimate of drug-likeness (QED) is 0.411. The number of carbonyl (C=O) groups is 2. The molecule has 1 saturated heterocycles. The second-order valence-corrected chi connectivity index (χ2v) is 9.27. The SMILES string of the molecule is CCCN(CC(=O)N1CCCN(c2ccc(-c3ccc(OC)c(OC)c3)nn2)CC1)C(=O)c1ccccc1F. The summed E-state index contributed by atoms with van der Waals surface area (Å²) in [6.45, 7) is 4.59. The van der Waals surface area contributed by atoms with Gasteiger partial charge in [-0.05, 0) is 55.3 Å². The Hall–Kier alpha value is -4.21. The van der Waals surface area contributed by atoms with Crippen molar-refractivity contribution in [2.45, 2.75) is 19.8 Å². The Labute approximate surface area is 228 Å². The van der Waals surface area contributed by atoms with E-state index in [0.29, 0.717) is 49.8 Å². The van der Waals surface area contributed by atoms with Crippen LogP contribution in [0, 0.1) is 5.82 Å². The molecule has 2 aromatic carbocycles. The standard InChI is InChI=1S/C29H34FN5O4/c1-4-14-35(29(37)22-8-5-6-9-23(22)30)20-28(36)34-16-7-15-33(17-18-34)27-13-11-24(31-32-27)21-10-12-25(38-2)26(19-21)39-3/h5-6,8-13,19H,4,7,14-18,20H2,1-3H3. The van der Waals surface area contributed by atoms with Crippen molar-refractivity contribution in [1.82, 2.24) is 20.0 Å². The van der Waals surface area contributed by atoms with Crippen LogP contribution >= 0.6 is 0 Å². The zero-order valence-electron chi connectivity index (χ0n) is 22.6. The molecule has 1 fully saturated rings. The molecule has 1 aromatic heterocycles. The molecule has 4 rings (SSSR count). The summed E-state index contributed by atoms with van der Waals surface area (Å²) in [7, 11) is 3.18.